The van der Waals surface area contributed by atoms with Crippen LogP contribution in [0.4, 0.5) is 0 Å². The van der Waals surface area contributed by atoms with Crippen molar-refractivity contribution in [1.82, 2.24) is 19.9 Å². The lowest BCUT2D eigenvalue weighted by atomic mass is 10.1. The molecule has 2 aromatic rings. The van der Waals surface area contributed by atoms with Crippen LogP contribution in [-0.2, 0) is 10.0 Å². The van der Waals surface area contributed by atoms with Gasteiger partial charge in [0, 0.05) is 42.6 Å². The molecule has 0 spiro atoms. The van der Waals surface area contributed by atoms with Crippen LogP contribution in [-0.4, -0.2) is 56.3 Å². The maximum Gasteiger partial charge on any atom is 0.252 e. The molecule has 1 aromatic heterocycles. The predicted molar refractivity (Wildman–Crippen MR) is 106 cm³/mol. The third kappa shape index (κ3) is 4.55. The first kappa shape index (κ1) is 21.1. The quantitative estimate of drug-likeness (QED) is 0.616. The minimum Gasteiger partial charge on any atom is -0.350 e. The van der Waals surface area contributed by atoms with E-state index in [4.69, 9.17) is 0 Å². The van der Waals surface area contributed by atoms with Crippen LogP contribution in [0.1, 0.15) is 31.1 Å². The second kappa shape index (κ2) is 8.64. The Morgan fingerprint density at radius 1 is 1.22 bits per heavy atom. The van der Waals surface area contributed by atoms with E-state index in [9.17, 15) is 18.0 Å². The highest BCUT2D eigenvalue weighted by Gasteiger charge is 2.23. The molecular formula is C18H26N4O4S. The van der Waals surface area contributed by atoms with Crippen LogP contribution in [0.15, 0.2) is 34.0 Å². The molecule has 148 valence electrons. The SMILES string of the molecule is CCN(CC)S(=O)(=O)c1ccc2[nH]c(=O)cc(C(=O)NCC(C)NC)c2c1. The molecule has 0 aliphatic heterocycles. The van der Waals surface area contributed by atoms with Gasteiger partial charge in [0.05, 0.1) is 10.5 Å². The largest absolute Gasteiger partial charge is 0.350 e. The van der Waals surface area contributed by atoms with E-state index in [0.717, 1.165) is 0 Å². The molecule has 1 aromatic carbocycles. The van der Waals surface area contributed by atoms with Crippen LogP contribution >= 0.6 is 0 Å². The van der Waals surface area contributed by atoms with Gasteiger partial charge >= 0.3 is 0 Å². The van der Waals surface area contributed by atoms with Crippen LogP contribution in [0, 0.1) is 0 Å². The number of pyridine rings is 1. The number of hydrogen-bond acceptors (Lipinski definition) is 5. The number of benzene rings is 1. The average Bonchev–Trinajstić information content (AvgIpc) is 2.65. The molecule has 3 N–H and O–H groups in total. The second-order valence-corrected chi connectivity index (χ2v) is 8.18. The number of nitrogens with one attached hydrogen (secondary N) is 3. The Labute approximate surface area is 159 Å². The monoisotopic (exact) mass is 394 g/mol. The molecular weight excluding hydrogens is 368 g/mol. The Kier molecular flexibility index (Phi) is 6.74. The van der Waals surface area contributed by atoms with E-state index in [2.05, 4.69) is 15.6 Å². The number of aromatic nitrogens is 1. The number of aromatic amines is 1. The highest BCUT2D eigenvalue weighted by Crippen LogP contribution is 2.22. The number of carbonyl (C=O) groups excluding carboxylic acids is 1. The summed E-state index contributed by atoms with van der Waals surface area (Å²) in [5.41, 5.74) is 0.134. The molecule has 9 heteroatoms. The van der Waals surface area contributed by atoms with Crippen LogP contribution in [0.2, 0.25) is 0 Å². The first-order chi connectivity index (χ1) is 12.7. The number of rotatable bonds is 8. The van der Waals surface area contributed by atoms with E-state index in [0.29, 0.717) is 30.5 Å². The van der Waals surface area contributed by atoms with E-state index in [1.54, 1.807) is 20.9 Å². The molecule has 1 atom stereocenters. The third-order valence-corrected chi connectivity index (χ3v) is 6.51. The fourth-order valence-electron chi connectivity index (χ4n) is 2.74. The number of likely N-dealkylation sites (N-methyl/N-ethyl adjacent to an activating group) is 1. The van der Waals surface area contributed by atoms with Crippen LogP contribution in [0.25, 0.3) is 10.9 Å². The normalized spacial score (nSPS) is 13.1. The molecule has 0 saturated heterocycles. The minimum absolute atomic E-state index is 0.0563. The summed E-state index contributed by atoms with van der Waals surface area (Å²) in [7, 11) is -1.89. The van der Waals surface area contributed by atoms with Crippen molar-refractivity contribution in [2.45, 2.75) is 31.7 Å². The lowest BCUT2D eigenvalue weighted by molar-refractivity contribution is 0.0952. The smallest absolute Gasteiger partial charge is 0.252 e. The van der Waals surface area contributed by atoms with Gasteiger partial charge in [-0.05, 0) is 32.2 Å². The van der Waals surface area contributed by atoms with Crippen molar-refractivity contribution in [2.24, 2.45) is 0 Å². The zero-order valence-electron chi connectivity index (χ0n) is 16.0. The van der Waals surface area contributed by atoms with E-state index in [1.165, 1.54) is 28.6 Å². The molecule has 0 saturated carbocycles. The number of carbonyl (C=O) groups is 1. The third-order valence-electron chi connectivity index (χ3n) is 4.46. The standard InChI is InChI=1S/C18H26N4O4S/c1-5-22(6-2)27(25,26)13-7-8-16-14(9-13)15(10-17(23)21-16)18(24)20-11-12(3)19-4/h7-10,12,19H,5-6,11H2,1-4H3,(H,20,24)(H,21,23). The van der Waals surface area contributed by atoms with E-state index in [1.807, 2.05) is 6.92 Å². The van der Waals surface area contributed by atoms with Gasteiger partial charge in [-0.3, -0.25) is 9.59 Å². The lowest BCUT2D eigenvalue weighted by Gasteiger charge is -2.19. The van der Waals surface area contributed by atoms with Crippen molar-refractivity contribution in [2.75, 3.05) is 26.7 Å². The fraction of sp³-hybridized carbons (Fsp3) is 0.444. The molecule has 1 unspecified atom stereocenters. The van der Waals surface area contributed by atoms with Gasteiger partial charge in [0.1, 0.15) is 0 Å². The summed E-state index contributed by atoms with van der Waals surface area (Å²) < 4.78 is 26.9. The summed E-state index contributed by atoms with van der Waals surface area (Å²) in [6.45, 7) is 6.50. The van der Waals surface area contributed by atoms with Gasteiger partial charge in [-0.25, -0.2) is 8.42 Å². The van der Waals surface area contributed by atoms with Crippen LogP contribution in [0.5, 0.6) is 0 Å². The minimum atomic E-state index is -3.68. The number of hydrogen-bond donors (Lipinski definition) is 3. The van der Waals surface area contributed by atoms with E-state index < -0.39 is 21.5 Å². The van der Waals surface area contributed by atoms with Gasteiger partial charge in [-0.2, -0.15) is 4.31 Å². The molecule has 0 bridgehead atoms. The Morgan fingerprint density at radius 3 is 2.48 bits per heavy atom. The van der Waals surface area contributed by atoms with Crippen molar-refractivity contribution in [1.29, 1.82) is 0 Å². The highest BCUT2D eigenvalue weighted by atomic mass is 32.2. The maximum atomic E-state index is 12.8. The molecule has 0 aliphatic rings. The van der Waals surface area contributed by atoms with Gasteiger partial charge in [0.15, 0.2) is 0 Å². The number of H-pyrrole nitrogens is 1. The van der Waals surface area contributed by atoms with Gasteiger partial charge in [-0.15, -0.1) is 0 Å². The molecule has 2 rings (SSSR count). The van der Waals surface area contributed by atoms with Gasteiger partial charge in [0.25, 0.3) is 5.91 Å². The van der Waals surface area contributed by atoms with Crippen molar-refractivity contribution >= 4 is 26.8 Å². The summed E-state index contributed by atoms with van der Waals surface area (Å²) in [4.78, 5) is 27.2. The van der Waals surface area contributed by atoms with Crippen molar-refractivity contribution < 1.29 is 13.2 Å². The van der Waals surface area contributed by atoms with Crippen molar-refractivity contribution in [3.8, 4) is 0 Å². The zero-order chi connectivity index (χ0) is 20.2. The average molecular weight is 394 g/mol. The first-order valence-electron chi connectivity index (χ1n) is 8.87. The summed E-state index contributed by atoms with van der Waals surface area (Å²) in [6, 6.07) is 5.64. The van der Waals surface area contributed by atoms with Gasteiger partial charge in [0.2, 0.25) is 15.6 Å². The van der Waals surface area contributed by atoms with E-state index >= 15 is 0 Å². The Balaban J connectivity index is 2.55. The molecule has 8 nitrogen and oxygen atoms in total. The summed E-state index contributed by atoms with van der Waals surface area (Å²) >= 11 is 0. The number of fused-ring (bicyclic) bond motifs is 1. The molecule has 1 amide bonds. The topological polar surface area (TPSA) is 111 Å². The Hall–Kier alpha value is -2.23. The summed E-state index contributed by atoms with van der Waals surface area (Å²) in [6.07, 6.45) is 0. The van der Waals surface area contributed by atoms with Crippen LogP contribution < -0.4 is 16.2 Å². The maximum absolute atomic E-state index is 12.8. The predicted octanol–water partition coefficient (Wildman–Crippen LogP) is 0.896. The lowest BCUT2D eigenvalue weighted by Crippen LogP contribution is -2.37. The van der Waals surface area contributed by atoms with Crippen molar-refractivity contribution in [3.63, 3.8) is 0 Å². The van der Waals surface area contributed by atoms with Gasteiger partial charge < -0.3 is 15.6 Å². The number of nitrogens with zero attached hydrogens (tertiary/aromatic N) is 1. The van der Waals surface area contributed by atoms with Gasteiger partial charge in [-0.1, -0.05) is 13.8 Å². The summed E-state index contributed by atoms with van der Waals surface area (Å²) in [5.74, 6) is -0.425. The highest BCUT2D eigenvalue weighted by molar-refractivity contribution is 7.89. The molecule has 0 radical (unpaired) electrons. The molecule has 0 aliphatic carbocycles. The Morgan fingerprint density at radius 2 is 1.89 bits per heavy atom. The number of amides is 1. The summed E-state index contributed by atoms with van der Waals surface area (Å²) in [5, 5.41) is 6.15. The zero-order valence-corrected chi connectivity index (χ0v) is 16.8. The molecule has 27 heavy (non-hydrogen) atoms. The van der Waals surface area contributed by atoms with Crippen LogP contribution in [0.3, 0.4) is 0 Å². The number of sulfonamides is 1. The Bertz CT molecular complexity index is 981. The first-order valence-corrected chi connectivity index (χ1v) is 10.3. The molecule has 1 heterocycles. The van der Waals surface area contributed by atoms with E-state index in [-0.39, 0.29) is 16.5 Å². The van der Waals surface area contributed by atoms with Crippen molar-refractivity contribution in [3.05, 3.63) is 40.2 Å². The molecule has 0 fully saturated rings. The fourth-order valence-corrected chi connectivity index (χ4v) is 4.22. The second-order valence-electron chi connectivity index (χ2n) is 6.24.